The summed E-state index contributed by atoms with van der Waals surface area (Å²) in [6, 6.07) is 0.885. The molecule has 172 valence electrons. The summed E-state index contributed by atoms with van der Waals surface area (Å²) in [5.74, 6) is -3.04. The number of anilines is 2. The molecule has 0 spiro atoms. The molecule has 0 aliphatic carbocycles. The van der Waals surface area contributed by atoms with Crippen LogP contribution in [0.3, 0.4) is 0 Å². The molecule has 0 bridgehead atoms. The lowest BCUT2D eigenvalue weighted by Crippen LogP contribution is -2.53. The summed E-state index contributed by atoms with van der Waals surface area (Å²) in [5.41, 5.74) is 3.19. The Morgan fingerprint density at radius 3 is 2.52 bits per heavy atom. The normalized spacial score (nSPS) is 16.0. The summed E-state index contributed by atoms with van der Waals surface area (Å²) in [6.07, 6.45) is -7.74. The van der Waals surface area contributed by atoms with Crippen LogP contribution in [0.15, 0.2) is 18.2 Å². The van der Waals surface area contributed by atoms with Gasteiger partial charge in [0.15, 0.2) is 6.04 Å². The van der Waals surface area contributed by atoms with Crippen molar-refractivity contribution in [1.82, 2.24) is 4.90 Å². The molecule has 1 aromatic rings. The number of alkyl halides is 5. The van der Waals surface area contributed by atoms with Crippen LogP contribution in [-0.4, -0.2) is 67.9 Å². The van der Waals surface area contributed by atoms with E-state index in [9.17, 15) is 36.3 Å². The molecule has 0 radical (unpaired) electrons. The zero-order valence-corrected chi connectivity index (χ0v) is 16.4. The van der Waals surface area contributed by atoms with E-state index >= 15 is 0 Å². The van der Waals surface area contributed by atoms with Gasteiger partial charge in [0.05, 0.1) is 24.4 Å². The molecule has 3 amide bonds. The number of rotatable bonds is 8. The lowest BCUT2D eigenvalue weighted by Gasteiger charge is -2.30. The van der Waals surface area contributed by atoms with Gasteiger partial charge in [-0.05, 0) is 24.7 Å². The Kier molecular flexibility index (Phi) is 7.90. The van der Waals surface area contributed by atoms with Crippen LogP contribution in [0.2, 0.25) is 0 Å². The molecule has 1 aromatic carbocycles. The first-order valence-corrected chi connectivity index (χ1v) is 9.17. The lowest BCUT2D eigenvalue weighted by atomic mass is 10.1. The second-order valence-corrected chi connectivity index (χ2v) is 6.60. The maximum Gasteiger partial charge on any atom is 0.418 e. The molecule has 1 heterocycles. The molecule has 1 aliphatic rings. The third-order valence-electron chi connectivity index (χ3n) is 4.51. The smallest absolute Gasteiger partial charge is 0.370 e. The van der Waals surface area contributed by atoms with Gasteiger partial charge >= 0.3 is 6.18 Å². The van der Waals surface area contributed by atoms with Crippen LogP contribution in [0.25, 0.3) is 0 Å². The Bertz CT molecular complexity index is 834. The lowest BCUT2D eigenvalue weighted by molar-refractivity contribution is -0.138. The molecule has 0 unspecified atom stereocenters. The minimum atomic E-state index is -4.87. The molecule has 31 heavy (non-hydrogen) atoms. The van der Waals surface area contributed by atoms with E-state index in [4.69, 9.17) is 10.5 Å². The number of halogens is 5. The summed E-state index contributed by atoms with van der Waals surface area (Å²) in [6.45, 7) is -0.0372. The van der Waals surface area contributed by atoms with Gasteiger partial charge < -0.3 is 20.7 Å². The third kappa shape index (κ3) is 6.10. The average Bonchev–Trinajstić information content (AvgIpc) is 2.66. The number of carbonyl (C=O) groups is 3. The van der Waals surface area contributed by atoms with Crippen LogP contribution in [0, 0.1) is 0 Å². The van der Waals surface area contributed by atoms with Gasteiger partial charge in [0.2, 0.25) is 5.91 Å². The van der Waals surface area contributed by atoms with Crippen molar-refractivity contribution in [2.24, 2.45) is 5.73 Å². The molecule has 8 nitrogen and oxygen atoms in total. The first kappa shape index (κ1) is 24.5. The molecule has 13 heteroatoms. The number of nitrogens with zero attached hydrogens (tertiary/aromatic N) is 2. The summed E-state index contributed by atoms with van der Waals surface area (Å²) >= 11 is 0. The van der Waals surface area contributed by atoms with Crippen LogP contribution in [-0.2, 0) is 25.3 Å². The van der Waals surface area contributed by atoms with Crippen LogP contribution < -0.4 is 16.0 Å². The van der Waals surface area contributed by atoms with Crippen molar-refractivity contribution in [3.63, 3.8) is 0 Å². The fourth-order valence-electron chi connectivity index (χ4n) is 3.13. The van der Waals surface area contributed by atoms with Gasteiger partial charge in [0.25, 0.3) is 18.2 Å². The van der Waals surface area contributed by atoms with E-state index in [1.165, 1.54) is 6.92 Å². The molecule has 0 saturated carbocycles. The van der Waals surface area contributed by atoms with Gasteiger partial charge in [0, 0.05) is 12.2 Å². The standard InChI is InChI=1S/C18H21F5N4O4/c1-2-26(8-13(19)20)15(16(24)29)17(30)25-10-3-4-12(11(7-10)18(21,22)23)27-5-6-31-9-14(27)28/h3-4,7,13,15H,2,5-6,8-9H2,1H3,(H2,24,29)(H,25,30)/t15-/m1/s1. The number of hydrogen-bond acceptors (Lipinski definition) is 5. The van der Waals surface area contributed by atoms with E-state index in [-0.39, 0.29) is 32.0 Å². The first-order valence-electron chi connectivity index (χ1n) is 9.17. The molecule has 1 saturated heterocycles. The zero-order chi connectivity index (χ0) is 23.3. The highest BCUT2D eigenvalue weighted by Gasteiger charge is 2.38. The van der Waals surface area contributed by atoms with Crippen LogP contribution in [0.4, 0.5) is 33.3 Å². The highest BCUT2D eigenvalue weighted by molar-refractivity contribution is 6.09. The number of benzene rings is 1. The van der Waals surface area contributed by atoms with E-state index in [1.807, 2.05) is 0 Å². The largest absolute Gasteiger partial charge is 0.418 e. The van der Waals surface area contributed by atoms with E-state index in [0.29, 0.717) is 6.07 Å². The van der Waals surface area contributed by atoms with Crippen LogP contribution in [0.1, 0.15) is 12.5 Å². The second-order valence-electron chi connectivity index (χ2n) is 6.60. The monoisotopic (exact) mass is 452 g/mol. The number of likely N-dealkylation sites (N-methyl/N-ethyl adjacent to an activating group) is 1. The minimum absolute atomic E-state index is 0.0544. The first-order chi connectivity index (χ1) is 14.5. The number of primary amides is 1. The average molecular weight is 452 g/mol. The minimum Gasteiger partial charge on any atom is -0.370 e. The predicted molar refractivity (Wildman–Crippen MR) is 99.5 cm³/mol. The van der Waals surface area contributed by atoms with E-state index in [1.54, 1.807) is 0 Å². The Labute approximate surface area is 174 Å². The zero-order valence-electron chi connectivity index (χ0n) is 16.4. The van der Waals surface area contributed by atoms with Gasteiger partial charge in [-0.3, -0.25) is 19.3 Å². The molecular formula is C18H21F5N4O4. The number of amides is 3. The van der Waals surface area contributed by atoms with Crippen LogP contribution in [0.5, 0.6) is 0 Å². The fourth-order valence-corrected chi connectivity index (χ4v) is 3.13. The molecule has 1 fully saturated rings. The molecule has 1 atom stereocenters. The van der Waals surface area contributed by atoms with Gasteiger partial charge in [-0.1, -0.05) is 6.92 Å². The quantitative estimate of drug-likeness (QED) is 0.459. The number of carbonyl (C=O) groups excluding carboxylic acids is 3. The topological polar surface area (TPSA) is 105 Å². The van der Waals surface area contributed by atoms with Crippen molar-refractivity contribution in [2.45, 2.75) is 25.6 Å². The number of nitrogens with one attached hydrogen (secondary N) is 1. The SMILES string of the molecule is CCN(CC(F)F)[C@H](C(N)=O)C(=O)Nc1ccc(N2CCOCC2=O)c(C(F)(F)F)c1. The maximum atomic E-state index is 13.6. The second kappa shape index (κ2) is 10.0. The fraction of sp³-hybridized carbons (Fsp3) is 0.500. The van der Waals surface area contributed by atoms with Crippen molar-refractivity contribution in [1.29, 1.82) is 0 Å². The van der Waals surface area contributed by atoms with Crippen LogP contribution >= 0.6 is 0 Å². The highest BCUT2D eigenvalue weighted by atomic mass is 19.4. The van der Waals surface area contributed by atoms with E-state index < -0.39 is 54.2 Å². The van der Waals surface area contributed by atoms with Crippen molar-refractivity contribution in [3.05, 3.63) is 23.8 Å². The molecule has 0 aromatic heterocycles. The molecule has 3 N–H and O–H groups in total. The molecular weight excluding hydrogens is 431 g/mol. The van der Waals surface area contributed by atoms with Crippen molar-refractivity contribution in [3.8, 4) is 0 Å². The summed E-state index contributed by atoms with van der Waals surface area (Å²) < 4.78 is 71.2. The Hall–Kier alpha value is -2.80. The molecule has 1 aliphatic heterocycles. The number of hydrogen-bond donors (Lipinski definition) is 2. The van der Waals surface area contributed by atoms with Gasteiger partial charge in [-0.2, -0.15) is 13.2 Å². The van der Waals surface area contributed by atoms with Gasteiger partial charge in [-0.25, -0.2) is 8.78 Å². The molecule has 2 rings (SSSR count). The Morgan fingerprint density at radius 2 is 2.00 bits per heavy atom. The Balaban J connectivity index is 2.34. The van der Waals surface area contributed by atoms with E-state index in [2.05, 4.69) is 5.32 Å². The predicted octanol–water partition coefficient (Wildman–Crippen LogP) is 1.45. The maximum absolute atomic E-state index is 13.6. The Morgan fingerprint density at radius 1 is 1.32 bits per heavy atom. The number of ether oxygens (including phenoxy) is 1. The highest BCUT2D eigenvalue weighted by Crippen LogP contribution is 2.38. The summed E-state index contributed by atoms with van der Waals surface area (Å²) in [4.78, 5) is 37.8. The van der Waals surface area contributed by atoms with Crippen molar-refractivity contribution in [2.75, 3.05) is 43.1 Å². The van der Waals surface area contributed by atoms with E-state index in [0.717, 1.165) is 21.9 Å². The number of nitrogens with two attached hydrogens (primary N) is 1. The van der Waals surface area contributed by atoms with Crippen molar-refractivity contribution >= 4 is 29.1 Å². The van der Waals surface area contributed by atoms with Gasteiger partial charge in [-0.15, -0.1) is 0 Å². The summed E-state index contributed by atoms with van der Waals surface area (Å²) in [5, 5.41) is 2.11. The number of morpholine rings is 1. The third-order valence-corrected chi connectivity index (χ3v) is 4.51. The summed E-state index contributed by atoms with van der Waals surface area (Å²) in [7, 11) is 0. The van der Waals surface area contributed by atoms with Gasteiger partial charge in [0.1, 0.15) is 6.61 Å². The van der Waals surface area contributed by atoms with Crippen molar-refractivity contribution < 1.29 is 41.1 Å².